The molecule has 1 amide bonds. The van der Waals surface area contributed by atoms with Crippen LogP contribution < -0.4 is 5.32 Å². The van der Waals surface area contributed by atoms with E-state index in [0.717, 1.165) is 5.56 Å². The van der Waals surface area contributed by atoms with Crippen molar-refractivity contribution < 1.29 is 13.9 Å². The van der Waals surface area contributed by atoms with Gasteiger partial charge < -0.3 is 9.15 Å². The molecule has 2 aromatic rings. The average Bonchev–Trinajstić information content (AvgIpc) is 2.97. The molecule has 0 saturated heterocycles. The molecule has 0 spiro atoms. The highest BCUT2D eigenvalue weighted by atomic mass is 16.5. The molecule has 0 aliphatic rings. The molecule has 0 aliphatic carbocycles. The lowest BCUT2D eigenvalue weighted by Crippen LogP contribution is -2.32. The van der Waals surface area contributed by atoms with Gasteiger partial charge in [0.15, 0.2) is 0 Å². The van der Waals surface area contributed by atoms with E-state index < -0.39 is 0 Å². The number of hydrogen-bond acceptors (Lipinski definition) is 4. The Kier molecular flexibility index (Phi) is 4.55. The van der Waals surface area contributed by atoms with E-state index in [1.54, 1.807) is 24.5 Å². The summed E-state index contributed by atoms with van der Waals surface area (Å²) in [4.78, 5) is 16.2. The second kappa shape index (κ2) is 6.56. The Bertz CT molecular complexity index is 603. The molecule has 0 atom stereocenters. The second-order valence-corrected chi connectivity index (χ2v) is 4.17. The molecule has 2 rings (SSSR count). The van der Waals surface area contributed by atoms with Crippen molar-refractivity contribution in [2.45, 2.75) is 13.5 Å². The first-order valence-corrected chi connectivity index (χ1v) is 6.18. The Morgan fingerprint density at radius 3 is 2.75 bits per heavy atom. The number of nitrogens with zero attached hydrogens (tertiary/aromatic N) is 1. The third-order valence-electron chi connectivity index (χ3n) is 2.76. The van der Waals surface area contributed by atoms with E-state index in [4.69, 9.17) is 9.15 Å². The smallest absolute Gasteiger partial charge is 0.291 e. The van der Waals surface area contributed by atoms with Crippen LogP contribution in [0.15, 0.2) is 52.1 Å². The van der Waals surface area contributed by atoms with Gasteiger partial charge in [0.1, 0.15) is 12.3 Å². The van der Waals surface area contributed by atoms with Crippen LogP contribution in [0.25, 0.3) is 0 Å². The molecule has 5 nitrogen and oxygen atoms in total. The standard InChI is InChI=1S/C15H16N2O3/c1-11-6-3-4-8-13(11)14(18)17-15(19-2)16-10-12-7-5-9-20-12/h3-9H,10H2,1-2H3,(H,16,17,18). The number of amides is 1. The molecule has 104 valence electrons. The van der Waals surface area contributed by atoms with Crippen molar-refractivity contribution in [2.24, 2.45) is 4.99 Å². The Morgan fingerprint density at radius 2 is 2.10 bits per heavy atom. The van der Waals surface area contributed by atoms with Crippen LogP contribution in [-0.2, 0) is 11.3 Å². The highest BCUT2D eigenvalue weighted by Crippen LogP contribution is 2.07. The van der Waals surface area contributed by atoms with Gasteiger partial charge in [-0.1, -0.05) is 18.2 Å². The topological polar surface area (TPSA) is 63.8 Å². The number of furan rings is 1. The summed E-state index contributed by atoms with van der Waals surface area (Å²) in [6, 6.07) is 11.1. The largest absolute Gasteiger partial charge is 0.468 e. The highest BCUT2D eigenvalue weighted by molar-refractivity contribution is 6.04. The fraction of sp³-hybridized carbons (Fsp3) is 0.200. The van der Waals surface area contributed by atoms with Crippen molar-refractivity contribution in [3.8, 4) is 0 Å². The lowest BCUT2D eigenvalue weighted by atomic mass is 10.1. The predicted molar refractivity (Wildman–Crippen MR) is 75.5 cm³/mol. The number of hydrogen-bond donors (Lipinski definition) is 1. The molecule has 20 heavy (non-hydrogen) atoms. The Morgan fingerprint density at radius 1 is 1.30 bits per heavy atom. The summed E-state index contributed by atoms with van der Waals surface area (Å²) < 4.78 is 10.2. The van der Waals surface area contributed by atoms with Gasteiger partial charge in [0, 0.05) is 5.56 Å². The van der Waals surface area contributed by atoms with Crippen LogP contribution >= 0.6 is 0 Å². The van der Waals surface area contributed by atoms with Crippen LogP contribution in [0.4, 0.5) is 0 Å². The third-order valence-corrected chi connectivity index (χ3v) is 2.76. The lowest BCUT2D eigenvalue weighted by Gasteiger charge is -2.08. The van der Waals surface area contributed by atoms with E-state index in [1.807, 2.05) is 25.1 Å². The summed E-state index contributed by atoms with van der Waals surface area (Å²) in [5.74, 6) is 0.452. The van der Waals surface area contributed by atoms with Crippen LogP contribution in [0.2, 0.25) is 0 Å². The first-order chi connectivity index (χ1) is 9.70. The molecule has 1 aromatic heterocycles. The van der Waals surface area contributed by atoms with Gasteiger partial charge in [0.05, 0.1) is 13.4 Å². The summed E-state index contributed by atoms with van der Waals surface area (Å²) in [6.07, 6.45) is 1.57. The van der Waals surface area contributed by atoms with E-state index in [2.05, 4.69) is 10.3 Å². The van der Waals surface area contributed by atoms with Crippen molar-refractivity contribution in [3.63, 3.8) is 0 Å². The fourth-order valence-corrected chi connectivity index (χ4v) is 1.70. The molecular formula is C15H16N2O3. The first kappa shape index (κ1) is 13.9. The predicted octanol–water partition coefficient (Wildman–Crippen LogP) is 2.52. The normalized spacial score (nSPS) is 11.2. The van der Waals surface area contributed by atoms with Gasteiger partial charge in [0.25, 0.3) is 11.9 Å². The summed E-state index contributed by atoms with van der Waals surface area (Å²) in [6.45, 7) is 2.19. The lowest BCUT2D eigenvalue weighted by molar-refractivity contribution is 0.0967. The zero-order valence-corrected chi connectivity index (χ0v) is 11.4. The average molecular weight is 272 g/mol. The fourth-order valence-electron chi connectivity index (χ4n) is 1.70. The molecule has 1 aromatic carbocycles. The number of methoxy groups -OCH3 is 1. The van der Waals surface area contributed by atoms with Crippen LogP contribution in [0.5, 0.6) is 0 Å². The molecular weight excluding hydrogens is 256 g/mol. The van der Waals surface area contributed by atoms with Gasteiger partial charge >= 0.3 is 0 Å². The van der Waals surface area contributed by atoms with Crippen molar-refractivity contribution in [1.82, 2.24) is 5.32 Å². The monoisotopic (exact) mass is 272 g/mol. The van der Waals surface area contributed by atoms with E-state index in [-0.39, 0.29) is 11.9 Å². The molecule has 0 radical (unpaired) electrons. The minimum absolute atomic E-state index is 0.162. The molecule has 1 heterocycles. The van der Waals surface area contributed by atoms with E-state index >= 15 is 0 Å². The second-order valence-electron chi connectivity index (χ2n) is 4.17. The van der Waals surface area contributed by atoms with Crippen LogP contribution in [-0.4, -0.2) is 19.0 Å². The van der Waals surface area contributed by atoms with Gasteiger partial charge in [-0.3, -0.25) is 10.1 Å². The van der Waals surface area contributed by atoms with Crippen molar-refractivity contribution >= 4 is 11.9 Å². The molecule has 0 bridgehead atoms. The minimum Gasteiger partial charge on any atom is -0.468 e. The van der Waals surface area contributed by atoms with E-state index in [0.29, 0.717) is 17.9 Å². The van der Waals surface area contributed by atoms with E-state index in [9.17, 15) is 4.79 Å². The Hall–Kier alpha value is -2.56. The minimum atomic E-state index is -0.247. The summed E-state index contributed by atoms with van der Waals surface area (Å²) in [5, 5.41) is 2.63. The van der Waals surface area contributed by atoms with Gasteiger partial charge in [-0.25, -0.2) is 4.99 Å². The highest BCUT2D eigenvalue weighted by Gasteiger charge is 2.11. The molecule has 0 unspecified atom stereocenters. The number of rotatable bonds is 3. The molecule has 1 N–H and O–H groups in total. The molecule has 0 saturated carbocycles. The van der Waals surface area contributed by atoms with Gasteiger partial charge in [0.2, 0.25) is 0 Å². The van der Waals surface area contributed by atoms with Gasteiger partial charge in [-0.2, -0.15) is 0 Å². The summed E-state index contributed by atoms with van der Waals surface area (Å²) in [7, 11) is 1.46. The molecule has 0 aliphatic heterocycles. The SMILES string of the molecule is COC(=NCc1ccco1)NC(=O)c1ccccc1C. The summed E-state index contributed by atoms with van der Waals surface area (Å²) in [5.41, 5.74) is 1.49. The zero-order chi connectivity index (χ0) is 14.4. The number of carbonyl (C=O) groups excluding carboxylic acids is 1. The van der Waals surface area contributed by atoms with Crippen molar-refractivity contribution in [2.75, 3.05) is 7.11 Å². The third kappa shape index (κ3) is 3.47. The van der Waals surface area contributed by atoms with Gasteiger partial charge in [-0.15, -0.1) is 0 Å². The van der Waals surface area contributed by atoms with Crippen molar-refractivity contribution in [3.05, 3.63) is 59.5 Å². The maximum Gasteiger partial charge on any atom is 0.291 e. The number of ether oxygens (including phenoxy) is 1. The number of carbonyl (C=O) groups is 1. The number of aryl methyl sites for hydroxylation is 1. The quantitative estimate of drug-likeness (QED) is 0.689. The van der Waals surface area contributed by atoms with E-state index in [1.165, 1.54) is 7.11 Å². The van der Waals surface area contributed by atoms with Gasteiger partial charge in [-0.05, 0) is 30.7 Å². The first-order valence-electron chi connectivity index (χ1n) is 6.18. The number of benzene rings is 1. The van der Waals surface area contributed by atoms with Crippen LogP contribution in [0.1, 0.15) is 21.7 Å². The van der Waals surface area contributed by atoms with Crippen LogP contribution in [0, 0.1) is 6.92 Å². The number of aliphatic imine (C=N–C) groups is 1. The zero-order valence-electron chi connectivity index (χ0n) is 11.4. The Balaban J connectivity index is 2.04. The summed E-state index contributed by atoms with van der Waals surface area (Å²) >= 11 is 0. The molecule has 0 fully saturated rings. The van der Waals surface area contributed by atoms with Crippen LogP contribution in [0.3, 0.4) is 0 Å². The Labute approximate surface area is 117 Å². The molecule has 5 heteroatoms. The van der Waals surface area contributed by atoms with Crippen molar-refractivity contribution in [1.29, 1.82) is 0 Å². The maximum atomic E-state index is 12.1. The maximum absolute atomic E-state index is 12.1. The number of amidine groups is 1. The number of nitrogens with one attached hydrogen (secondary N) is 1.